The lowest BCUT2D eigenvalue weighted by molar-refractivity contribution is -0.124. The molecular formula is C24H23NO5. The molecule has 0 unspecified atom stereocenters. The Labute approximate surface area is 175 Å². The number of aryl methyl sites for hydroxylation is 1. The maximum atomic E-state index is 12.5. The van der Waals surface area contributed by atoms with Gasteiger partial charge in [0.15, 0.2) is 6.61 Å². The van der Waals surface area contributed by atoms with Gasteiger partial charge >= 0.3 is 5.97 Å². The minimum Gasteiger partial charge on any atom is -0.507 e. The molecular weight excluding hydrogens is 382 g/mol. The highest BCUT2D eigenvalue weighted by Crippen LogP contribution is 2.25. The van der Waals surface area contributed by atoms with Crippen LogP contribution in [0.15, 0.2) is 72.8 Å². The SMILES string of the molecule is COc1ccc([C@H](NC(=O)COC(=O)c2cccc(C)c2O)c2ccccc2)cc1. The molecule has 0 heterocycles. The Morgan fingerprint density at radius 1 is 0.933 bits per heavy atom. The molecule has 2 N–H and O–H groups in total. The van der Waals surface area contributed by atoms with E-state index in [2.05, 4.69) is 5.32 Å². The second-order valence-electron chi connectivity index (χ2n) is 6.73. The Balaban J connectivity index is 1.71. The molecule has 0 bridgehead atoms. The van der Waals surface area contributed by atoms with Crippen LogP contribution in [0.25, 0.3) is 0 Å². The van der Waals surface area contributed by atoms with E-state index in [1.54, 1.807) is 26.2 Å². The molecule has 0 fully saturated rings. The number of hydrogen-bond donors (Lipinski definition) is 2. The van der Waals surface area contributed by atoms with Crippen molar-refractivity contribution >= 4 is 11.9 Å². The van der Waals surface area contributed by atoms with Gasteiger partial charge in [-0.2, -0.15) is 0 Å². The van der Waals surface area contributed by atoms with Crippen molar-refractivity contribution in [3.8, 4) is 11.5 Å². The van der Waals surface area contributed by atoms with Crippen molar-refractivity contribution in [3.63, 3.8) is 0 Å². The third kappa shape index (κ3) is 4.97. The van der Waals surface area contributed by atoms with Crippen molar-refractivity contribution < 1.29 is 24.2 Å². The fourth-order valence-corrected chi connectivity index (χ4v) is 3.04. The molecule has 3 aromatic rings. The van der Waals surface area contributed by atoms with Crippen molar-refractivity contribution in [2.75, 3.05) is 13.7 Å². The lowest BCUT2D eigenvalue weighted by Gasteiger charge is -2.20. The lowest BCUT2D eigenvalue weighted by atomic mass is 9.98. The van der Waals surface area contributed by atoms with Gasteiger partial charge in [0.25, 0.3) is 5.91 Å². The van der Waals surface area contributed by atoms with Crippen molar-refractivity contribution in [1.29, 1.82) is 0 Å². The summed E-state index contributed by atoms with van der Waals surface area (Å²) >= 11 is 0. The van der Waals surface area contributed by atoms with E-state index in [4.69, 9.17) is 9.47 Å². The van der Waals surface area contributed by atoms with Crippen LogP contribution in [0.2, 0.25) is 0 Å². The van der Waals surface area contributed by atoms with E-state index in [-0.39, 0.29) is 11.3 Å². The molecule has 0 aliphatic heterocycles. The number of methoxy groups -OCH3 is 1. The number of aromatic hydroxyl groups is 1. The molecule has 0 radical (unpaired) electrons. The molecule has 0 saturated heterocycles. The van der Waals surface area contributed by atoms with Crippen LogP contribution in [0.5, 0.6) is 11.5 Å². The van der Waals surface area contributed by atoms with Crippen LogP contribution in [0.1, 0.15) is 33.1 Å². The molecule has 0 aromatic heterocycles. The zero-order valence-electron chi connectivity index (χ0n) is 16.8. The quantitative estimate of drug-likeness (QED) is 0.585. The molecule has 0 aliphatic rings. The number of carbonyl (C=O) groups is 2. The normalized spacial score (nSPS) is 11.4. The molecule has 6 heteroatoms. The van der Waals surface area contributed by atoms with Gasteiger partial charge in [-0.1, -0.05) is 54.6 Å². The van der Waals surface area contributed by atoms with Crippen molar-refractivity contribution in [1.82, 2.24) is 5.32 Å². The predicted octanol–water partition coefficient (Wildman–Crippen LogP) is 3.77. The second kappa shape index (κ2) is 9.60. The number of nitrogens with one attached hydrogen (secondary N) is 1. The summed E-state index contributed by atoms with van der Waals surface area (Å²) in [4.78, 5) is 24.8. The van der Waals surface area contributed by atoms with Crippen LogP contribution in [0.4, 0.5) is 0 Å². The Kier molecular flexibility index (Phi) is 6.70. The summed E-state index contributed by atoms with van der Waals surface area (Å²) in [5.41, 5.74) is 2.33. The summed E-state index contributed by atoms with van der Waals surface area (Å²) in [5.74, 6) is -0.653. The van der Waals surface area contributed by atoms with E-state index in [0.717, 1.165) is 11.1 Å². The van der Waals surface area contributed by atoms with Crippen LogP contribution in [-0.4, -0.2) is 30.7 Å². The van der Waals surface area contributed by atoms with Gasteiger partial charge in [-0.25, -0.2) is 4.79 Å². The molecule has 0 spiro atoms. The van der Waals surface area contributed by atoms with Gasteiger partial charge in [0.1, 0.15) is 17.1 Å². The molecule has 0 aliphatic carbocycles. The number of benzene rings is 3. The molecule has 0 saturated carbocycles. The van der Waals surface area contributed by atoms with E-state index in [0.29, 0.717) is 11.3 Å². The Hall–Kier alpha value is -3.80. The number of hydrogen-bond acceptors (Lipinski definition) is 5. The predicted molar refractivity (Wildman–Crippen MR) is 113 cm³/mol. The van der Waals surface area contributed by atoms with E-state index >= 15 is 0 Å². The van der Waals surface area contributed by atoms with Crippen LogP contribution >= 0.6 is 0 Å². The molecule has 1 atom stereocenters. The monoisotopic (exact) mass is 405 g/mol. The molecule has 6 nitrogen and oxygen atoms in total. The third-order valence-corrected chi connectivity index (χ3v) is 4.68. The summed E-state index contributed by atoms with van der Waals surface area (Å²) in [5, 5.41) is 12.9. The van der Waals surface area contributed by atoms with Crippen LogP contribution in [-0.2, 0) is 9.53 Å². The summed E-state index contributed by atoms with van der Waals surface area (Å²) in [6.07, 6.45) is 0. The zero-order valence-corrected chi connectivity index (χ0v) is 16.8. The van der Waals surface area contributed by atoms with Gasteiger partial charge in [-0.05, 0) is 41.8 Å². The first kappa shape index (κ1) is 20.9. The highest BCUT2D eigenvalue weighted by Gasteiger charge is 2.19. The standard InChI is InChI=1S/C24H23NO5/c1-16-7-6-10-20(23(16)27)24(28)30-15-21(26)25-22(17-8-4-3-5-9-17)18-11-13-19(29-2)14-12-18/h3-14,22,27H,15H2,1-2H3,(H,25,26)/t22-/m1/s1. The largest absolute Gasteiger partial charge is 0.507 e. The van der Waals surface area contributed by atoms with Gasteiger partial charge in [-0.15, -0.1) is 0 Å². The Morgan fingerprint density at radius 2 is 1.60 bits per heavy atom. The molecule has 154 valence electrons. The van der Waals surface area contributed by atoms with Crippen molar-refractivity contribution in [3.05, 3.63) is 95.1 Å². The summed E-state index contributed by atoms with van der Waals surface area (Å²) in [7, 11) is 1.59. The fraction of sp³-hybridized carbons (Fsp3) is 0.167. The van der Waals surface area contributed by atoms with E-state index < -0.39 is 24.5 Å². The van der Waals surface area contributed by atoms with E-state index in [1.807, 2.05) is 54.6 Å². The van der Waals surface area contributed by atoms with Gasteiger partial charge in [-0.3, -0.25) is 4.79 Å². The smallest absolute Gasteiger partial charge is 0.342 e. The van der Waals surface area contributed by atoms with Crippen LogP contribution in [0, 0.1) is 6.92 Å². The average molecular weight is 405 g/mol. The first-order valence-electron chi connectivity index (χ1n) is 9.43. The number of amides is 1. The number of esters is 1. The summed E-state index contributed by atoms with van der Waals surface area (Å²) in [6.45, 7) is 1.21. The molecule has 3 rings (SSSR count). The number of phenolic OH excluding ortho intramolecular Hbond substituents is 1. The molecule has 30 heavy (non-hydrogen) atoms. The van der Waals surface area contributed by atoms with Gasteiger partial charge in [0, 0.05) is 0 Å². The highest BCUT2D eigenvalue weighted by molar-refractivity contribution is 5.94. The first-order valence-corrected chi connectivity index (χ1v) is 9.43. The van der Waals surface area contributed by atoms with Gasteiger partial charge in [0.05, 0.1) is 13.2 Å². The van der Waals surface area contributed by atoms with Crippen molar-refractivity contribution in [2.24, 2.45) is 0 Å². The maximum Gasteiger partial charge on any atom is 0.342 e. The number of carbonyl (C=O) groups excluding carboxylic acids is 2. The topological polar surface area (TPSA) is 84.9 Å². The van der Waals surface area contributed by atoms with Crippen LogP contribution in [0.3, 0.4) is 0 Å². The minimum atomic E-state index is -0.757. The summed E-state index contributed by atoms with van der Waals surface area (Å²) in [6, 6.07) is 21.2. The number of ether oxygens (including phenoxy) is 2. The third-order valence-electron chi connectivity index (χ3n) is 4.68. The Bertz CT molecular complexity index is 1020. The zero-order chi connectivity index (χ0) is 21.5. The van der Waals surface area contributed by atoms with Gasteiger partial charge in [0.2, 0.25) is 0 Å². The van der Waals surface area contributed by atoms with Gasteiger partial charge < -0.3 is 19.9 Å². The molecule has 3 aromatic carbocycles. The van der Waals surface area contributed by atoms with Crippen LogP contribution < -0.4 is 10.1 Å². The summed E-state index contributed by atoms with van der Waals surface area (Å²) < 4.78 is 10.3. The Morgan fingerprint density at radius 3 is 2.27 bits per heavy atom. The average Bonchev–Trinajstić information content (AvgIpc) is 2.78. The molecule has 1 amide bonds. The fourth-order valence-electron chi connectivity index (χ4n) is 3.04. The van der Waals surface area contributed by atoms with E-state index in [1.165, 1.54) is 6.07 Å². The first-order chi connectivity index (χ1) is 14.5. The number of para-hydroxylation sites is 1. The second-order valence-corrected chi connectivity index (χ2v) is 6.73. The lowest BCUT2D eigenvalue weighted by Crippen LogP contribution is -2.33. The number of phenols is 1. The van der Waals surface area contributed by atoms with Crippen molar-refractivity contribution in [2.45, 2.75) is 13.0 Å². The minimum absolute atomic E-state index is 0.0255. The van der Waals surface area contributed by atoms with E-state index in [9.17, 15) is 14.7 Å². The maximum absolute atomic E-state index is 12.5. The number of rotatable bonds is 7. The highest BCUT2D eigenvalue weighted by atomic mass is 16.5.